The molecule has 2 rings (SSSR count). The summed E-state index contributed by atoms with van der Waals surface area (Å²) in [5.74, 6) is 0. The van der Waals surface area contributed by atoms with Crippen molar-refractivity contribution in [3.8, 4) is 0 Å². The van der Waals surface area contributed by atoms with Gasteiger partial charge in [0.2, 0.25) is 0 Å². The minimum atomic E-state index is 0.419. The zero-order valence-corrected chi connectivity index (χ0v) is 13.5. The first-order valence-electron chi connectivity index (χ1n) is 7.81. The van der Waals surface area contributed by atoms with E-state index in [2.05, 4.69) is 42.8 Å². The Morgan fingerprint density at radius 1 is 1.14 bits per heavy atom. The van der Waals surface area contributed by atoms with Crippen LogP contribution in [0, 0.1) is 6.92 Å². The van der Waals surface area contributed by atoms with Gasteiger partial charge in [-0.1, -0.05) is 32.1 Å². The van der Waals surface area contributed by atoms with Gasteiger partial charge in [-0.15, -0.1) is 0 Å². The van der Waals surface area contributed by atoms with E-state index in [0.717, 1.165) is 35.5 Å². The zero-order valence-electron chi connectivity index (χ0n) is 13.5. The molecule has 1 atom stereocenters. The van der Waals surface area contributed by atoms with Crippen molar-refractivity contribution >= 4 is 17.1 Å². The maximum atomic E-state index is 4.71. The Labute approximate surface area is 127 Å². The third-order valence-electron chi connectivity index (χ3n) is 3.81. The summed E-state index contributed by atoms with van der Waals surface area (Å²) in [7, 11) is 0. The fourth-order valence-electron chi connectivity index (χ4n) is 2.55. The number of para-hydroxylation sites is 2. The van der Waals surface area contributed by atoms with Gasteiger partial charge in [0.25, 0.3) is 0 Å². The number of hydrogen-bond acceptors (Lipinski definition) is 3. The van der Waals surface area contributed by atoms with Gasteiger partial charge in [0.1, 0.15) is 0 Å². The average molecular weight is 283 g/mol. The Hall–Kier alpha value is -1.74. The highest BCUT2D eigenvalue weighted by Crippen LogP contribution is 2.14. The fraction of sp³-hybridized carbons (Fsp3) is 0.444. The lowest BCUT2D eigenvalue weighted by molar-refractivity contribution is 0.255. The van der Waals surface area contributed by atoms with Crippen LogP contribution >= 0.6 is 0 Å². The molecule has 0 saturated heterocycles. The van der Waals surface area contributed by atoms with Crippen molar-refractivity contribution in [2.45, 2.75) is 40.2 Å². The second-order valence-electron chi connectivity index (χ2n) is 5.41. The van der Waals surface area contributed by atoms with Gasteiger partial charge in [-0.05, 0) is 51.6 Å². The van der Waals surface area contributed by atoms with Crippen LogP contribution in [0.3, 0.4) is 0 Å². The first-order valence-corrected chi connectivity index (χ1v) is 7.81. The van der Waals surface area contributed by atoms with Crippen molar-refractivity contribution in [3.05, 3.63) is 41.7 Å². The SMILES string of the molecule is CCCN(CC)C(C)/C=C/c1nc2ccccc2nc1C. The van der Waals surface area contributed by atoms with Crippen molar-refractivity contribution in [1.82, 2.24) is 14.9 Å². The smallest absolute Gasteiger partial charge is 0.0894 e. The Morgan fingerprint density at radius 2 is 1.81 bits per heavy atom. The van der Waals surface area contributed by atoms with Gasteiger partial charge in [-0.2, -0.15) is 0 Å². The van der Waals surface area contributed by atoms with Crippen molar-refractivity contribution in [3.63, 3.8) is 0 Å². The second-order valence-corrected chi connectivity index (χ2v) is 5.41. The molecule has 3 heteroatoms. The lowest BCUT2D eigenvalue weighted by Gasteiger charge is -2.24. The summed E-state index contributed by atoms with van der Waals surface area (Å²) in [5.41, 5.74) is 3.86. The highest BCUT2D eigenvalue weighted by atomic mass is 15.1. The van der Waals surface area contributed by atoms with Gasteiger partial charge in [-0.25, -0.2) is 9.97 Å². The van der Waals surface area contributed by atoms with E-state index in [0.29, 0.717) is 6.04 Å². The van der Waals surface area contributed by atoms with Gasteiger partial charge in [0, 0.05) is 6.04 Å². The van der Waals surface area contributed by atoms with Crippen molar-refractivity contribution in [1.29, 1.82) is 0 Å². The molecular weight excluding hydrogens is 258 g/mol. The van der Waals surface area contributed by atoms with Crippen LogP contribution in [0.25, 0.3) is 17.1 Å². The Kier molecular flexibility index (Phi) is 5.45. The molecule has 0 saturated carbocycles. The van der Waals surface area contributed by atoms with Crippen LogP contribution in [-0.4, -0.2) is 34.0 Å². The normalized spacial score (nSPS) is 13.4. The van der Waals surface area contributed by atoms with E-state index in [4.69, 9.17) is 4.98 Å². The van der Waals surface area contributed by atoms with Crippen LogP contribution in [0.2, 0.25) is 0 Å². The predicted molar refractivity (Wildman–Crippen MR) is 90.3 cm³/mol. The second kappa shape index (κ2) is 7.32. The molecule has 3 nitrogen and oxygen atoms in total. The van der Waals surface area contributed by atoms with Gasteiger partial charge >= 0.3 is 0 Å². The predicted octanol–water partition coefficient (Wildman–Crippen LogP) is 4.07. The molecule has 0 aliphatic rings. The van der Waals surface area contributed by atoms with Crippen LogP contribution < -0.4 is 0 Å². The van der Waals surface area contributed by atoms with E-state index in [-0.39, 0.29) is 0 Å². The van der Waals surface area contributed by atoms with Crippen molar-refractivity contribution < 1.29 is 0 Å². The maximum Gasteiger partial charge on any atom is 0.0894 e. The molecule has 0 fully saturated rings. The third kappa shape index (κ3) is 3.88. The van der Waals surface area contributed by atoms with E-state index in [1.165, 1.54) is 6.42 Å². The number of fused-ring (bicyclic) bond motifs is 1. The van der Waals surface area contributed by atoms with E-state index in [1.54, 1.807) is 0 Å². The first kappa shape index (κ1) is 15.6. The largest absolute Gasteiger partial charge is 0.297 e. The van der Waals surface area contributed by atoms with Crippen LogP contribution in [0.1, 0.15) is 38.6 Å². The minimum Gasteiger partial charge on any atom is -0.297 e. The number of likely N-dealkylation sites (N-methyl/N-ethyl adjacent to an activating group) is 1. The minimum absolute atomic E-state index is 0.419. The molecule has 0 N–H and O–H groups in total. The topological polar surface area (TPSA) is 29.0 Å². The Bertz CT molecular complexity index is 619. The molecule has 0 aliphatic heterocycles. The Balaban J connectivity index is 2.22. The summed E-state index contributed by atoms with van der Waals surface area (Å²) >= 11 is 0. The number of aryl methyl sites for hydroxylation is 1. The first-order chi connectivity index (χ1) is 10.2. The van der Waals surface area contributed by atoms with Gasteiger partial charge in [-0.3, -0.25) is 4.90 Å². The summed E-state index contributed by atoms with van der Waals surface area (Å²) in [4.78, 5) is 11.8. The Morgan fingerprint density at radius 3 is 2.43 bits per heavy atom. The monoisotopic (exact) mass is 283 g/mol. The van der Waals surface area contributed by atoms with Crippen LogP contribution in [0.5, 0.6) is 0 Å². The molecule has 0 radical (unpaired) electrons. The molecular formula is C18H25N3. The standard InChI is InChI=1S/C18H25N3/c1-5-13-21(6-2)14(3)11-12-16-15(4)19-17-9-7-8-10-18(17)20-16/h7-12,14H,5-6,13H2,1-4H3/b12-11+. The van der Waals surface area contributed by atoms with Crippen LogP contribution in [0.4, 0.5) is 0 Å². The van der Waals surface area contributed by atoms with Gasteiger partial charge in [0.05, 0.1) is 22.4 Å². The summed E-state index contributed by atoms with van der Waals surface area (Å²) in [5, 5.41) is 0. The molecule has 21 heavy (non-hydrogen) atoms. The molecule has 2 aromatic rings. The van der Waals surface area contributed by atoms with Crippen LogP contribution in [-0.2, 0) is 0 Å². The maximum absolute atomic E-state index is 4.71. The third-order valence-corrected chi connectivity index (χ3v) is 3.81. The lowest BCUT2D eigenvalue weighted by atomic mass is 10.2. The van der Waals surface area contributed by atoms with E-state index >= 15 is 0 Å². The summed E-state index contributed by atoms with van der Waals surface area (Å²) in [6, 6.07) is 8.44. The highest BCUT2D eigenvalue weighted by molar-refractivity contribution is 5.75. The molecule has 0 aliphatic carbocycles. The summed E-state index contributed by atoms with van der Waals surface area (Å²) in [6.45, 7) is 10.9. The number of benzene rings is 1. The van der Waals surface area contributed by atoms with E-state index < -0.39 is 0 Å². The molecule has 1 aromatic heterocycles. The number of nitrogens with zero attached hydrogens (tertiary/aromatic N) is 3. The molecule has 0 bridgehead atoms. The van der Waals surface area contributed by atoms with Gasteiger partial charge in [0.15, 0.2) is 0 Å². The van der Waals surface area contributed by atoms with E-state index in [9.17, 15) is 0 Å². The zero-order chi connectivity index (χ0) is 15.2. The molecule has 112 valence electrons. The van der Waals surface area contributed by atoms with E-state index in [1.807, 2.05) is 31.2 Å². The summed E-state index contributed by atoms with van der Waals surface area (Å²) < 4.78 is 0. The average Bonchev–Trinajstić information content (AvgIpc) is 2.50. The molecule has 0 spiro atoms. The van der Waals surface area contributed by atoms with Crippen molar-refractivity contribution in [2.75, 3.05) is 13.1 Å². The number of aromatic nitrogens is 2. The van der Waals surface area contributed by atoms with Crippen LogP contribution in [0.15, 0.2) is 30.3 Å². The molecule has 1 heterocycles. The number of hydrogen-bond donors (Lipinski definition) is 0. The highest BCUT2D eigenvalue weighted by Gasteiger charge is 2.08. The molecule has 0 amide bonds. The molecule has 1 aromatic carbocycles. The quantitative estimate of drug-likeness (QED) is 0.800. The van der Waals surface area contributed by atoms with Gasteiger partial charge < -0.3 is 0 Å². The van der Waals surface area contributed by atoms with Crippen molar-refractivity contribution in [2.24, 2.45) is 0 Å². The lowest BCUT2D eigenvalue weighted by Crippen LogP contribution is -2.32. The number of rotatable bonds is 6. The molecule has 1 unspecified atom stereocenters. The fourth-order valence-corrected chi connectivity index (χ4v) is 2.55. The summed E-state index contributed by atoms with van der Waals surface area (Å²) in [6.07, 6.45) is 5.52.